The highest BCUT2D eigenvalue weighted by Gasteiger charge is 2.11. The number of hydrogen-bond acceptors (Lipinski definition) is 2. The van der Waals surface area contributed by atoms with Crippen LogP contribution in [-0.2, 0) is 0 Å². The third kappa shape index (κ3) is 4.33. The van der Waals surface area contributed by atoms with Gasteiger partial charge >= 0.3 is 0 Å². The Balaban J connectivity index is 1.85. The lowest BCUT2D eigenvalue weighted by molar-refractivity contribution is 0.449. The van der Waals surface area contributed by atoms with Gasteiger partial charge in [0.05, 0.1) is 0 Å². The molecule has 0 saturated carbocycles. The maximum atomic E-state index is 10.0. The fraction of sp³-hybridized carbons (Fsp3) is 0.368. The predicted octanol–water partition coefficient (Wildman–Crippen LogP) is 4.55. The van der Waals surface area contributed by atoms with Crippen molar-refractivity contribution < 1.29 is 5.11 Å². The van der Waals surface area contributed by atoms with Gasteiger partial charge in [0.2, 0.25) is 0 Å². The summed E-state index contributed by atoms with van der Waals surface area (Å²) in [5.74, 6) is 0.920. The van der Waals surface area contributed by atoms with Crippen molar-refractivity contribution in [2.75, 3.05) is 6.54 Å². The normalized spacial score (nSPS) is 13.9. The summed E-state index contributed by atoms with van der Waals surface area (Å²) in [5.41, 5.74) is 3.43. The van der Waals surface area contributed by atoms with Crippen LogP contribution in [0.1, 0.15) is 48.9 Å². The van der Waals surface area contributed by atoms with Crippen LogP contribution in [0, 0.1) is 6.92 Å². The van der Waals surface area contributed by atoms with E-state index in [1.54, 1.807) is 0 Å². The maximum Gasteiger partial charge on any atom is 0.120 e. The number of rotatable bonds is 6. The SMILES string of the molecule is Cc1ccc(C(C)NCCC(C)c2ccccc2)c(O)c1. The molecule has 2 N–H and O–H groups in total. The highest BCUT2D eigenvalue weighted by atomic mass is 16.3. The van der Waals surface area contributed by atoms with Crippen molar-refractivity contribution in [3.05, 3.63) is 65.2 Å². The molecule has 2 nitrogen and oxygen atoms in total. The summed E-state index contributed by atoms with van der Waals surface area (Å²) < 4.78 is 0. The van der Waals surface area contributed by atoms with E-state index in [2.05, 4.69) is 49.5 Å². The lowest BCUT2D eigenvalue weighted by Crippen LogP contribution is -2.21. The number of hydrogen-bond donors (Lipinski definition) is 2. The van der Waals surface area contributed by atoms with E-state index in [4.69, 9.17) is 0 Å². The van der Waals surface area contributed by atoms with Crippen LogP contribution in [0.2, 0.25) is 0 Å². The van der Waals surface area contributed by atoms with Crippen molar-refractivity contribution in [1.82, 2.24) is 5.32 Å². The number of benzene rings is 2. The van der Waals surface area contributed by atoms with Crippen LogP contribution in [0.4, 0.5) is 0 Å². The monoisotopic (exact) mass is 283 g/mol. The van der Waals surface area contributed by atoms with Crippen LogP contribution < -0.4 is 5.32 Å². The quantitative estimate of drug-likeness (QED) is 0.815. The van der Waals surface area contributed by atoms with Gasteiger partial charge in [-0.1, -0.05) is 49.4 Å². The lowest BCUT2D eigenvalue weighted by atomic mass is 9.97. The molecule has 2 heteroatoms. The average molecular weight is 283 g/mol. The smallest absolute Gasteiger partial charge is 0.120 e. The van der Waals surface area contributed by atoms with E-state index in [9.17, 15) is 5.11 Å². The zero-order valence-corrected chi connectivity index (χ0v) is 13.1. The van der Waals surface area contributed by atoms with Gasteiger partial charge in [-0.15, -0.1) is 0 Å². The number of aromatic hydroxyl groups is 1. The van der Waals surface area contributed by atoms with Crippen molar-refractivity contribution in [3.8, 4) is 5.75 Å². The Hall–Kier alpha value is -1.80. The van der Waals surface area contributed by atoms with E-state index < -0.39 is 0 Å². The van der Waals surface area contributed by atoms with E-state index in [0.29, 0.717) is 11.7 Å². The zero-order valence-electron chi connectivity index (χ0n) is 13.1. The molecular weight excluding hydrogens is 258 g/mol. The van der Waals surface area contributed by atoms with Gasteiger partial charge in [-0.2, -0.15) is 0 Å². The van der Waals surface area contributed by atoms with Gasteiger partial charge in [0.15, 0.2) is 0 Å². The van der Waals surface area contributed by atoms with Crippen LogP contribution in [-0.4, -0.2) is 11.7 Å². The Kier molecular flexibility index (Phi) is 5.40. The Labute approximate surface area is 127 Å². The molecule has 0 aromatic heterocycles. The standard InChI is InChI=1S/C19H25NO/c1-14-9-10-18(19(21)13-14)16(3)20-12-11-15(2)17-7-5-4-6-8-17/h4-10,13,15-16,20-21H,11-12H2,1-3H3. The summed E-state index contributed by atoms with van der Waals surface area (Å²) >= 11 is 0. The summed E-state index contributed by atoms with van der Waals surface area (Å²) in [6.45, 7) is 7.27. The van der Waals surface area contributed by atoms with E-state index in [1.165, 1.54) is 5.56 Å². The van der Waals surface area contributed by atoms with Crippen LogP contribution in [0.5, 0.6) is 5.75 Å². The first-order valence-electron chi connectivity index (χ1n) is 7.65. The maximum absolute atomic E-state index is 10.0. The molecule has 0 saturated heterocycles. The molecule has 0 aliphatic rings. The fourth-order valence-electron chi connectivity index (χ4n) is 2.59. The minimum absolute atomic E-state index is 0.161. The largest absolute Gasteiger partial charge is 0.508 e. The molecule has 0 heterocycles. The molecule has 2 aromatic rings. The van der Waals surface area contributed by atoms with E-state index in [-0.39, 0.29) is 6.04 Å². The third-order valence-electron chi connectivity index (χ3n) is 4.05. The molecule has 2 unspecified atom stereocenters. The lowest BCUT2D eigenvalue weighted by Gasteiger charge is -2.18. The van der Waals surface area contributed by atoms with Crippen LogP contribution in [0.15, 0.2) is 48.5 Å². The molecule has 0 bridgehead atoms. The molecule has 2 atom stereocenters. The van der Waals surface area contributed by atoms with Crippen LogP contribution in [0.3, 0.4) is 0 Å². The second-order valence-corrected chi connectivity index (χ2v) is 5.84. The molecule has 2 rings (SSSR count). The first-order chi connectivity index (χ1) is 10.1. The van der Waals surface area contributed by atoms with Gasteiger partial charge in [0, 0.05) is 11.6 Å². The van der Waals surface area contributed by atoms with Crippen molar-refractivity contribution in [1.29, 1.82) is 0 Å². The molecule has 112 valence electrons. The summed E-state index contributed by atoms with van der Waals surface area (Å²) in [4.78, 5) is 0. The fourth-order valence-corrected chi connectivity index (χ4v) is 2.59. The van der Waals surface area contributed by atoms with E-state index in [1.807, 2.05) is 25.1 Å². The minimum Gasteiger partial charge on any atom is -0.508 e. The average Bonchev–Trinajstić information content (AvgIpc) is 2.47. The molecule has 0 spiro atoms. The Bertz CT molecular complexity index is 565. The Morgan fingerprint density at radius 2 is 1.76 bits per heavy atom. The molecular formula is C19H25NO. The van der Waals surface area contributed by atoms with Crippen molar-refractivity contribution in [3.63, 3.8) is 0 Å². The van der Waals surface area contributed by atoms with Gasteiger partial charge in [-0.3, -0.25) is 0 Å². The molecule has 0 amide bonds. The number of aryl methyl sites for hydroxylation is 1. The summed E-state index contributed by atoms with van der Waals surface area (Å²) in [6.07, 6.45) is 1.08. The van der Waals surface area contributed by atoms with Crippen molar-refractivity contribution >= 4 is 0 Å². The molecule has 0 fully saturated rings. The van der Waals surface area contributed by atoms with Gasteiger partial charge in [-0.25, -0.2) is 0 Å². The number of phenols is 1. The Morgan fingerprint density at radius 3 is 2.43 bits per heavy atom. The summed E-state index contributed by atoms with van der Waals surface area (Å²) in [5, 5.41) is 13.5. The highest BCUT2D eigenvalue weighted by molar-refractivity contribution is 5.37. The van der Waals surface area contributed by atoms with Gasteiger partial charge in [0.25, 0.3) is 0 Å². The topological polar surface area (TPSA) is 32.3 Å². The predicted molar refractivity (Wildman–Crippen MR) is 88.7 cm³/mol. The van der Waals surface area contributed by atoms with Crippen LogP contribution >= 0.6 is 0 Å². The number of phenolic OH excluding ortho intramolecular Hbond substituents is 1. The molecule has 0 aliphatic heterocycles. The first-order valence-corrected chi connectivity index (χ1v) is 7.65. The molecule has 0 radical (unpaired) electrons. The second-order valence-electron chi connectivity index (χ2n) is 5.84. The molecule has 2 aromatic carbocycles. The summed E-state index contributed by atoms with van der Waals surface area (Å²) in [7, 11) is 0. The van der Waals surface area contributed by atoms with Crippen LogP contribution in [0.25, 0.3) is 0 Å². The molecule has 0 aliphatic carbocycles. The second kappa shape index (κ2) is 7.28. The first kappa shape index (κ1) is 15.6. The molecule has 21 heavy (non-hydrogen) atoms. The van der Waals surface area contributed by atoms with Crippen molar-refractivity contribution in [2.45, 2.75) is 39.2 Å². The summed E-state index contributed by atoms with van der Waals surface area (Å²) in [6, 6.07) is 16.6. The Morgan fingerprint density at radius 1 is 1.05 bits per heavy atom. The highest BCUT2D eigenvalue weighted by Crippen LogP contribution is 2.25. The third-order valence-corrected chi connectivity index (χ3v) is 4.05. The van der Waals surface area contributed by atoms with E-state index in [0.717, 1.165) is 24.1 Å². The van der Waals surface area contributed by atoms with Gasteiger partial charge < -0.3 is 10.4 Å². The van der Waals surface area contributed by atoms with Crippen molar-refractivity contribution in [2.24, 2.45) is 0 Å². The number of nitrogens with one attached hydrogen (secondary N) is 1. The zero-order chi connectivity index (χ0) is 15.2. The van der Waals surface area contributed by atoms with E-state index >= 15 is 0 Å². The minimum atomic E-state index is 0.161. The van der Waals surface area contributed by atoms with Gasteiger partial charge in [-0.05, 0) is 49.9 Å². The van der Waals surface area contributed by atoms with Gasteiger partial charge in [0.1, 0.15) is 5.75 Å².